The maximum atomic E-state index is 12.9. The smallest absolute Gasteiger partial charge is 0.258 e. The van der Waals surface area contributed by atoms with Crippen LogP contribution in [-0.4, -0.2) is 56.5 Å². The van der Waals surface area contributed by atoms with E-state index in [4.69, 9.17) is 0 Å². The first-order chi connectivity index (χ1) is 13.6. The second kappa shape index (κ2) is 8.19. The summed E-state index contributed by atoms with van der Waals surface area (Å²) in [6.45, 7) is 2.28. The summed E-state index contributed by atoms with van der Waals surface area (Å²) < 4.78 is 54.0. The summed E-state index contributed by atoms with van der Waals surface area (Å²) in [6.07, 6.45) is 0.345. The van der Waals surface area contributed by atoms with Crippen LogP contribution in [0.5, 0.6) is 0 Å². The van der Waals surface area contributed by atoms with E-state index < -0.39 is 25.0 Å². The molecule has 0 N–H and O–H groups in total. The van der Waals surface area contributed by atoms with Crippen LogP contribution in [0.25, 0.3) is 0 Å². The van der Waals surface area contributed by atoms with E-state index in [-0.39, 0.29) is 41.7 Å². The van der Waals surface area contributed by atoms with E-state index in [0.717, 1.165) is 17.7 Å². The van der Waals surface area contributed by atoms with Crippen molar-refractivity contribution < 1.29 is 21.8 Å². The van der Waals surface area contributed by atoms with Gasteiger partial charge in [-0.25, -0.2) is 16.8 Å². The molecule has 3 rings (SSSR count). The van der Waals surface area contributed by atoms with Crippen LogP contribution < -0.4 is 0 Å². The molecule has 0 aliphatic carbocycles. The van der Waals surface area contributed by atoms with Crippen LogP contribution in [0.15, 0.2) is 58.3 Å². The Bertz CT molecular complexity index is 1100. The van der Waals surface area contributed by atoms with Gasteiger partial charge in [-0.1, -0.05) is 17.7 Å². The Hall–Kier alpha value is -2.34. The molecule has 156 valence electrons. The van der Waals surface area contributed by atoms with Crippen LogP contribution in [-0.2, 0) is 20.0 Å². The number of hydrogen-bond donors (Lipinski definition) is 0. The predicted molar refractivity (Wildman–Crippen MR) is 106 cm³/mol. The molecule has 0 saturated carbocycles. The molecular formula is C18H21N3O6S2. The monoisotopic (exact) mass is 439 g/mol. The lowest BCUT2D eigenvalue weighted by atomic mass is 10.2. The van der Waals surface area contributed by atoms with Gasteiger partial charge < -0.3 is 0 Å². The Kier molecular flexibility index (Phi) is 6.03. The van der Waals surface area contributed by atoms with Gasteiger partial charge in [0.25, 0.3) is 5.69 Å². The molecule has 0 aromatic heterocycles. The quantitative estimate of drug-likeness (QED) is 0.519. The van der Waals surface area contributed by atoms with Gasteiger partial charge in [-0.2, -0.15) is 8.61 Å². The molecule has 2 aromatic rings. The number of nitrogens with zero attached hydrogens (tertiary/aromatic N) is 3. The van der Waals surface area contributed by atoms with Crippen molar-refractivity contribution in [3.8, 4) is 0 Å². The fraction of sp³-hybridized carbons (Fsp3) is 0.333. The first-order valence-corrected chi connectivity index (χ1v) is 11.8. The summed E-state index contributed by atoms with van der Waals surface area (Å²) in [6, 6.07) is 11.2. The number of benzene rings is 2. The van der Waals surface area contributed by atoms with Gasteiger partial charge in [-0.05, 0) is 37.6 Å². The van der Waals surface area contributed by atoms with Crippen molar-refractivity contribution in [3.63, 3.8) is 0 Å². The Labute approximate surface area is 169 Å². The highest BCUT2D eigenvalue weighted by atomic mass is 32.2. The normalized spacial score (nSPS) is 17.0. The number of hydrogen-bond acceptors (Lipinski definition) is 6. The third kappa shape index (κ3) is 4.47. The first kappa shape index (κ1) is 21.4. The highest BCUT2D eigenvalue weighted by molar-refractivity contribution is 7.89. The summed E-state index contributed by atoms with van der Waals surface area (Å²) >= 11 is 0. The molecule has 0 unspecified atom stereocenters. The van der Waals surface area contributed by atoms with E-state index in [1.165, 1.54) is 20.7 Å². The second-order valence-corrected chi connectivity index (χ2v) is 10.6. The van der Waals surface area contributed by atoms with Crippen LogP contribution in [0, 0.1) is 17.0 Å². The number of rotatable bonds is 5. The largest absolute Gasteiger partial charge is 0.269 e. The van der Waals surface area contributed by atoms with Crippen molar-refractivity contribution in [1.29, 1.82) is 0 Å². The second-order valence-electron chi connectivity index (χ2n) is 6.73. The number of non-ortho nitro benzene ring substituents is 1. The molecule has 2 aromatic carbocycles. The molecule has 1 aliphatic heterocycles. The van der Waals surface area contributed by atoms with Crippen molar-refractivity contribution in [1.82, 2.24) is 8.61 Å². The third-order valence-corrected chi connectivity index (χ3v) is 8.58. The molecule has 1 heterocycles. The lowest BCUT2D eigenvalue weighted by molar-refractivity contribution is -0.384. The Morgan fingerprint density at radius 2 is 1.17 bits per heavy atom. The molecular weight excluding hydrogens is 418 g/mol. The molecule has 0 atom stereocenters. The van der Waals surface area contributed by atoms with Gasteiger partial charge in [0, 0.05) is 38.3 Å². The SMILES string of the molecule is Cc1ccc(S(=O)(=O)N2CCCN(S(=O)(=O)c3ccc([N+](=O)[O-])cc3)CC2)cc1. The average Bonchev–Trinajstić information content (AvgIpc) is 2.96. The minimum Gasteiger partial charge on any atom is -0.258 e. The molecule has 0 bridgehead atoms. The van der Waals surface area contributed by atoms with Crippen LogP contribution in [0.1, 0.15) is 12.0 Å². The van der Waals surface area contributed by atoms with Crippen molar-refractivity contribution in [2.75, 3.05) is 26.2 Å². The molecule has 1 saturated heterocycles. The summed E-state index contributed by atoms with van der Waals surface area (Å²) in [5.74, 6) is 0. The standard InChI is InChI=1S/C18H21N3O6S2/c1-15-3-7-17(8-4-15)28(24,25)19-11-2-12-20(14-13-19)29(26,27)18-9-5-16(6-10-18)21(22)23/h3-10H,2,11-14H2,1H3. The predicted octanol–water partition coefficient (Wildman–Crippen LogP) is 1.99. The zero-order valence-electron chi connectivity index (χ0n) is 15.8. The molecule has 9 nitrogen and oxygen atoms in total. The number of nitro benzene ring substituents is 1. The minimum absolute atomic E-state index is 0.00438. The van der Waals surface area contributed by atoms with Crippen molar-refractivity contribution in [2.24, 2.45) is 0 Å². The summed E-state index contributed by atoms with van der Waals surface area (Å²) in [5.41, 5.74) is 0.746. The lowest BCUT2D eigenvalue weighted by Crippen LogP contribution is -2.37. The van der Waals surface area contributed by atoms with Gasteiger partial charge in [0.1, 0.15) is 0 Å². The molecule has 0 radical (unpaired) electrons. The van der Waals surface area contributed by atoms with Gasteiger partial charge in [0.2, 0.25) is 20.0 Å². The van der Waals surface area contributed by atoms with Gasteiger partial charge in [-0.3, -0.25) is 10.1 Å². The first-order valence-electron chi connectivity index (χ1n) is 8.94. The minimum atomic E-state index is -3.88. The van der Waals surface area contributed by atoms with E-state index in [1.54, 1.807) is 24.3 Å². The third-order valence-electron chi connectivity index (χ3n) is 4.76. The van der Waals surface area contributed by atoms with Crippen LogP contribution >= 0.6 is 0 Å². The summed E-state index contributed by atoms with van der Waals surface area (Å²) in [5, 5.41) is 10.8. The zero-order chi connectivity index (χ0) is 21.2. The van der Waals surface area contributed by atoms with Crippen molar-refractivity contribution >= 4 is 25.7 Å². The van der Waals surface area contributed by atoms with Crippen molar-refractivity contribution in [3.05, 3.63) is 64.2 Å². The lowest BCUT2D eigenvalue weighted by Gasteiger charge is -2.21. The van der Waals surface area contributed by atoms with E-state index in [0.29, 0.717) is 6.42 Å². The maximum Gasteiger partial charge on any atom is 0.269 e. The number of nitro groups is 1. The fourth-order valence-electron chi connectivity index (χ4n) is 3.10. The number of sulfonamides is 2. The van der Waals surface area contributed by atoms with Crippen molar-refractivity contribution in [2.45, 2.75) is 23.1 Å². The topological polar surface area (TPSA) is 118 Å². The number of aryl methyl sites for hydroxylation is 1. The van der Waals surface area contributed by atoms with E-state index in [1.807, 2.05) is 6.92 Å². The van der Waals surface area contributed by atoms with E-state index in [2.05, 4.69) is 0 Å². The molecule has 29 heavy (non-hydrogen) atoms. The molecule has 0 spiro atoms. The van der Waals surface area contributed by atoms with E-state index in [9.17, 15) is 26.9 Å². The highest BCUT2D eigenvalue weighted by Crippen LogP contribution is 2.23. The average molecular weight is 440 g/mol. The van der Waals surface area contributed by atoms with Gasteiger partial charge in [0.05, 0.1) is 14.7 Å². The summed E-state index contributed by atoms with van der Waals surface area (Å²) in [7, 11) is -7.59. The Morgan fingerprint density at radius 1 is 0.759 bits per heavy atom. The van der Waals surface area contributed by atoms with Gasteiger partial charge in [0.15, 0.2) is 0 Å². The van der Waals surface area contributed by atoms with Crippen LogP contribution in [0.4, 0.5) is 5.69 Å². The fourth-order valence-corrected chi connectivity index (χ4v) is 6.04. The van der Waals surface area contributed by atoms with Crippen LogP contribution in [0.2, 0.25) is 0 Å². The molecule has 0 amide bonds. The van der Waals surface area contributed by atoms with E-state index >= 15 is 0 Å². The highest BCUT2D eigenvalue weighted by Gasteiger charge is 2.31. The maximum absolute atomic E-state index is 12.9. The Morgan fingerprint density at radius 3 is 1.59 bits per heavy atom. The molecule has 1 aliphatic rings. The Balaban J connectivity index is 1.78. The van der Waals surface area contributed by atoms with Gasteiger partial charge >= 0.3 is 0 Å². The molecule has 1 fully saturated rings. The zero-order valence-corrected chi connectivity index (χ0v) is 17.4. The van der Waals surface area contributed by atoms with Gasteiger partial charge in [-0.15, -0.1) is 0 Å². The molecule has 11 heteroatoms. The van der Waals surface area contributed by atoms with Crippen LogP contribution in [0.3, 0.4) is 0 Å². The summed E-state index contributed by atoms with van der Waals surface area (Å²) in [4.78, 5) is 10.3.